The highest BCUT2D eigenvalue weighted by atomic mass is 16.3. The Morgan fingerprint density at radius 1 is 1.36 bits per heavy atom. The van der Waals surface area contributed by atoms with E-state index in [2.05, 4.69) is 38.2 Å². The van der Waals surface area contributed by atoms with E-state index in [-0.39, 0.29) is 18.1 Å². The molecule has 4 heteroatoms. The molecule has 1 heterocycles. The predicted octanol–water partition coefficient (Wildman–Crippen LogP) is 2.91. The summed E-state index contributed by atoms with van der Waals surface area (Å²) < 4.78 is 0. The molecule has 22 heavy (non-hydrogen) atoms. The van der Waals surface area contributed by atoms with Crippen LogP contribution in [0, 0.1) is 26.7 Å². The van der Waals surface area contributed by atoms with Crippen LogP contribution in [0.4, 0.5) is 4.79 Å². The summed E-state index contributed by atoms with van der Waals surface area (Å²) in [6.45, 7) is 10.1. The maximum atomic E-state index is 12.4. The molecule has 2 amide bonds. The summed E-state index contributed by atoms with van der Waals surface area (Å²) in [5.74, 6) is 0.197. The normalized spacial score (nSPS) is 19.9. The van der Waals surface area contributed by atoms with Gasteiger partial charge in [0.2, 0.25) is 0 Å². The number of hydrogen-bond acceptors (Lipinski definition) is 2. The van der Waals surface area contributed by atoms with Gasteiger partial charge in [0.05, 0.1) is 6.10 Å². The molecule has 1 aromatic rings. The zero-order chi connectivity index (χ0) is 16.3. The van der Waals surface area contributed by atoms with Crippen molar-refractivity contribution in [3.63, 3.8) is 0 Å². The average Bonchev–Trinajstić information content (AvgIpc) is 2.46. The molecule has 0 saturated carbocycles. The molecule has 0 unspecified atom stereocenters. The number of aryl methyl sites for hydroxylation is 3. The second kappa shape index (κ2) is 7.14. The summed E-state index contributed by atoms with van der Waals surface area (Å²) in [6, 6.07) is 4.28. The summed E-state index contributed by atoms with van der Waals surface area (Å²) >= 11 is 0. The molecule has 1 aliphatic rings. The van der Waals surface area contributed by atoms with E-state index in [4.69, 9.17) is 0 Å². The van der Waals surface area contributed by atoms with Crippen molar-refractivity contribution in [2.24, 2.45) is 5.92 Å². The molecule has 0 aliphatic carbocycles. The van der Waals surface area contributed by atoms with Crippen molar-refractivity contribution in [1.82, 2.24) is 10.2 Å². The van der Waals surface area contributed by atoms with Crippen molar-refractivity contribution in [3.05, 3.63) is 34.4 Å². The minimum Gasteiger partial charge on any atom is -0.393 e. The Hall–Kier alpha value is -1.55. The number of piperidine rings is 1. The second-order valence-electron chi connectivity index (χ2n) is 6.62. The third-order valence-electron chi connectivity index (χ3n) is 4.68. The molecular formula is C18H28N2O2. The van der Waals surface area contributed by atoms with E-state index in [1.165, 1.54) is 22.3 Å². The van der Waals surface area contributed by atoms with Gasteiger partial charge in [-0.3, -0.25) is 0 Å². The number of hydrogen-bond donors (Lipinski definition) is 2. The van der Waals surface area contributed by atoms with Gasteiger partial charge in [0.1, 0.15) is 0 Å². The van der Waals surface area contributed by atoms with Crippen molar-refractivity contribution >= 4 is 6.03 Å². The van der Waals surface area contributed by atoms with E-state index in [1.807, 2.05) is 11.8 Å². The molecule has 2 rings (SSSR count). The van der Waals surface area contributed by atoms with E-state index in [0.717, 1.165) is 19.4 Å². The second-order valence-corrected chi connectivity index (χ2v) is 6.62. The summed E-state index contributed by atoms with van der Waals surface area (Å²) in [4.78, 5) is 14.2. The lowest BCUT2D eigenvalue weighted by atomic mass is 9.94. The molecule has 122 valence electrons. The largest absolute Gasteiger partial charge is 0.393 e. The van der Waals surface area contributed by atoms with Crippen molar-refractivity contribution < 1.29 is 9.90 Å². The third kappa shape index (κ3) is 4.01. The van der Waals surface area contributed by atoms with Crippen molar-refractivity contribution in [2.45, 2.75) is 53.2 Å². The molecule has 2 atom stereocenters. The number of amides is 2. The SMILES string of the molecule is Cc1cc(C)c(CNC(=O)N2CCC[C@H]([C@H](C)O)C2)c(C)c1. The van der Waals surface area contributed by atoms with Gasteiger partial charge in [-0.1, -0.05) is 17.7 Å². The Labute approximate surface area is 133 Å². The lowest BCUT2D eigenvalue weighted by molar-refractivity contribution is 0.0738. The van der Waals surface area contributed by atoms with Gasteiger partial charge in [-0.15, -0.1) is 0 Å². The first-order valence-corrected chi connectivity index (χ1v) is 8.16. The minimum atomic E-state index is -0.350. The maximum absolute atomic E-state index is 12.4. The third-order valence-corrected chi connectivity index (χ3v) is 4.68. The highest BCUT2D eigenvalue weighted by Crippen LogP contribution is 2.20. The van der Waals surface area contributed by atoms with Crippen LogP contribution in [0.25, 0.3) is 0 Å². The molecule has 4 nitrogen and oxygen atoms in total. The first kappa shape index (κ1) is 16.8. The fraction of sp³-hybridized carbons (Fsp3) is 0.611. The van der Waals surface area contributed by atoms with Gasteiger partial charge in [-0.25, -0.2) is 4.79 Å². The Balaban J connectivity index is 1.95. The number of rotatable bonds is 3. The first-order valence-electron chi connectivity index (χ1n) is 8.16. The van der Waals surface area contributed by atoms with Crippen molar-refractivity contribution in [1.29, 1.82) is 0 Å². The maximum Gasteiger partial charge on any atom is 0.317 e. The van der Waals surface area contributed by atoms with Crippen LogP contribution in [0.5, 0.6) is 0 Å². The summed E-state index contributed by atoms with van der Waals surface area (Å²) in [7, 11) is 0. The number of aliphatic hydroxyl groups excluding tert-OH is 1. The molecule has 1 saturated heterocycles. The molecule has 0 aromatic heterocycles. The Kier molecular flexibility index (Phi) is 5.46. The summed E-state index contributed by atoms with van der Waals surface area (Å²) in [5.41, 5.74) is 4.89. The van der Waals surface area contributed by atoms with E-state index in [1.54, 1.807) is 0 Å². The van der Waals surface area contributed by atoms with Crippen LogP contribution in [-0.4, -0.2) is 35.2 Å². The van der Waals surface area contributed by atoms with Gasteiger partial charge in [-0.05, 0) is 57.2 Å². The van der Waals surface area contributed by atoms with Crippen LogP contribution in [-0.2, 0) is 6.54 Å². The van der Waals surface area contributed by atoms with Gasteiger partial charge in [0.25, 0.3) is 0 Å². The lowest BCUT2D eigenvalue weighted by Gasteiger charge is -2.34. The van der Waals surface area contributed by atoms with E-state index < -0.39 is 0 Å². The number of nitrogens with one attached hydrogen (secondary N) is 1. The summed E-state index contributed by atoms with van der Waals surface area (Å²) in [5, 5.41) is 12.8. The van der Waals surface area contributed by atoms with Crippen LogP contribution in [0.15, 0.2) is 12.1 Å². The Bertz CT molecular complexity index is 517. The molecule has 0 spiro atoms. The number of nitrogens with zero attached hydrogens (tertiary/aromatic N) is 1. The van der Waals surface area contributed by atoms with Gasteiger partial charge in [0.15, 0.2) is 0 Å². The number of carbonyl (C=O) groups is 1. The van der Waals surface area contributed by atoms with Gasteiger partial charge in [0, 0.05) is 25.6 Å². The minimum absolute atomic E-state index is 0.0234. The van der Waals surface area contributed by atoms with Gasteiger partial charge >= 0.3 is 6.03 Å². The van der Waals surface area contributed by atoms with E-state index in [9.17, 15) is 9.90 Å². The number of urea groups is 1. The number of carbonyl (C=O) groups excluding carboxylic acids is 1. The lowest BCUT2D eigenvalue weighted by Crippen LogP contribution is -2.47. The first-order chi connectivity index (χ1) is 10.4. The van der Waals surface area contributed by atoms with E-state index >= 15 is 0 Å². The molecule has 1 fully saturated rings. The number of aliphatic hydroxyl groups is 1. The molecule has 0 radical (unpaired) electrons. The highest BCUT2D eigenvalue weighted by Gasteiger charge is 2.26. The quantitative estimate of drug-likeness (QED) is 0.902. The van der Waals surface area contributed by atoms with Crippen LogP contribution in [0.2, 0.25) is 0 Å². The number of benzene rings is 1. The Morgan fingerprint density at radius 3 is 2.59 bits per heavy atom. The standard InChI is InChI=1S/C18H28N2O2/c1-12-8-13(2)17(14(3)9-12)10-19-18(22)20-7-5-6-16(11-20)15(4)21/h8-9,15-16,21H,5-7,10-11H2,1-4H3,(H,19,22)/t15-,16-/m0/s1. The number of likely N-dealkylation sites (tertiary alicyclic amines) is 1. The molecule has 1 aromatic carbocycles. The van der Waals surface area contributed by atoms with Gasteiger partial charge < -0.3 is 15.3 Å². The van der Waals surface area contributed by atoms with Crippen molar-refractivity contribution in [2.75, 3.05) is 13.1 Å². The molecular weight excluding hydrogens is 276 g/mol. The van der Waals surface area contributed by atoms with Gasteiger partial charge in [-0.2, -0.15) is 0 Å². The van der Waals surface area contributed by atoms with Crippen LogP contribution < -0.4 is 5.32 Å². The topological polar surface area (TPSA) is 52.6 Å². The predicted molar refractivity (Wildman–Crippen MR) is 88.9 cm³/mol. The molecule has 2 N–H and O–H groups in total. The van der Waals surface area contributed by atoms with Crippen LogP contribution in [0.1, 0.15) is 42.0 Å². The smallest absolute Gasteiger partial charge is 0.317 e. The molecule has 0 bridgehead atoms. The van der Waals surface area contributed by atoms with Crippen molar-refractivity contribution in [3.8, 4) is 0 Å². The average molecular weight is 304 g/mol. The zero-order valence-electron chi connectivity index (χ0n) is 14.1. The fourth-order valence-electron chi connectivity index (χ4n) is 3.35. The summed E-state index contributed by atoms with van der Waals surface area (Å²) in [6.07, 6.45) is 1.61. The monoisotopic (exact) mass is 304 g/mol. The Morgan fingerprint density at radius 2 is 2.00 bits per heavy atom. The highest BCUT2D eigenvalue weighted by molar-refractivity contribution is 5.74. The fourth-order valence-corrected chi connectivity index (χ4v) is 3.35. The zero-order valence-corrected chi connectivity index (χ0v) is 14.1. The molecule has 1 aliphatic heterocycles. The van der Waals surface area contributed by atoms with Crippen LogP contribution in [0.3, 0.4) is 0 Å². The van der Waals surface area contributed by atoms with Crippen LogP contribution >= 0.6 is 0 Å². The van der Waals surface area contributed by atoms with E-state index in [0.29, 0.717) is 13.1 Å².